The molecule has 0 saturated heterocycles. The first-order valence-corrected chi connectivity index (χ1v) is 5.80. The van der Waals surface area contributed by atoms with Crippen LogP contribution in [0.4, 0.5) is 0 Å². The highest BCUT2D eigenvalue weighted by atomic mass is 79.9. The normalized spacial score (nSPS) is 15.9. The number of halogens is 1. The molecule has 2 aromatic heterocycles. The van der Waals surface area contributed by atoms with Crippen LogP contribution in [0, 0.1) is 0 Å². The Morgan fingerprint density at radius 1 is 1.53 bits per heavy atom. The molecule has 0 aromatic carbocycles. The summed E-state index contributed by atoms with van der Waals surface area (Å²) < 4.78 is 8.42. The standard InChI is InChI=1S/C11H11BrN2O/c1-15-10-8(12)4-5-14-9(7-2-3-7)6-13-11(10)14/h4-7H,2-3H2,1H3. The molecule has 0 atom stereocenters. The number of pyridine rings is 1. The molecule has 1 fully saturated rings. The predicted octanol–water partition coefficient (Wildman–Crippen LogP) is 2.98. The summed E-state index contributed by atoms with van der Waals surface area (Å²) in [7, 11) is 1.67. The van der Waals surface area contributed by atoms with Crippen LogP contribution in [0.25, 0.3) is 5.65 Å². The van der Waals surface area contributed by atoms with Gasteiger partial charge in [-0.1, -0.05) is 0 Å². The molecule has 0 unspecified atom stereocenters. The topological polar surface area (TPSA) is 26.5 Å². The summed E-state index contributed by atoms with van der Waals surface area (Å²) in [5, 5.41) is 0. The molecule has 0 N–H and O–H groups in total. The van der Waals surface area contributed by atoms with Gasteiger partial charge in [-0.25, -0.2) is 4.98 Å². The predicted molar refractivity (Wildman–Crippen MR) is 61.4 cm³/mol. The molecule has 2 aromatic rings. The number of rotatable bonds is 2. The van der Waals surface area contributed by atoms with Crippen molar-refractivity contribution in [1.29, 1.82) is 0 Å². The van der Waals surface area contributed by atoms with Gasteiger partial charge in [-0.15, -0.1) is 0 Å². The van der Waals surface area contributed by atoms with Crippen molar-refractivity contribution in [3.63, 3.8) is 0 Å². The number of ether oxygens (including phenoxy) is 1. The third-order valence-electron chi connectivity index (χ3n) is 2.82. The molecule has 0 amide bonds. The van der Waals surface area contributed by atoms with E-state index in [1.807, 2.05) is 18.5 Å². The molecule has 0 aliphatic heterocycles. The molecule has 0 bridgehead atoms. The molecule has 15 heavy (non-hydrogen) atoms. The molecule has 0 radical (unpaired) electrons. The number of aromatic nitrogens is 2. The minimum Gasteiger partial charge on any atom is -0.492 e. The van der Waals surface area contributed by atoms with Crippen molar-refractivity contribution >= 4 is 21.6 Å². The highest BCUT2D eigenvalue weighted by Gasteiger charge is 2.27. The summed E-state index contributed by atoms with van der Waals surface area (Å²) in [6.07, 6.45) is 6.57. The van der Waals surface area contributed by atoms with E-state index < -0.39 is 0 Å². The van der Waals surface area contributed by atoms with Crippen LogP contribution in [0.3, 0.4) is 0 Å². The van der Waals surface area contributed by atoms with Crippen LogP contribution in [0.1, 0.15) is 24.5 Å². The molecular weight excluding hydrogens is 256 g/mol. The van der Waals surface area contributed by atoms with E-state index in [1.54, 1.807) is 7.11 Å². The Bertz CT molecular complexity index is 517. The lowest BCUT2D eigenvalue weighted by Gasteiger charge is -2.06. The van der Waals surface area contributed by atoms with Crippen molar-refractivity contribution in [2.75, 3.05) is 7.11 Å². The maximum Gasteiger partial charge on any atom is 0.181 e. The van der Waals surface area contributed by atoms with Crippen molar-refractivity contribution < 1.29 is 4.74 Å². The lowest BCUT2D eigenvalue weighted by molar-refractivity contribution is 0.414. The maximum absolute atomic E-state index is 5.34. The average molecular weight is 267 g/mol. The number of hydrogen-bond donors (Lipinski definition) is 0. The average Bonchev–Trinajstić information content (AvgIpc) is 2.99. The van der Waals surface area contributed by atoms with Crippen molar-refractivity contribution in [2.24, 2.45) is 0 Å². The van der Waals surface area contributed by atoms with Gasteiger partial charge in [0.2, 0.25) is 0 Å². The quantitative estimate of drug-likeness (QED) is 0.836. The van der Waals surface area contributed by atoms with E-state index in [9.17, 15) is 0 Å². The van der Waals surface area contributed by atoms with Gasteiger partial charge in [0.25, 0.3) is 0 Å². The first-order chi connectivity index (χ1) is 7.31. The van der Waals surface area contributed by atoms with Gasteiger partial charge in [0, 0.05) is 24.0 Å². The fourth-order valence-corrected chi connectivity index (χ4v) is 2.35. The van der Waals surface area contributed by atoms with E-state index >= 15 is 0 Å². The summed E-state index contributed by atoms with van der Waals surface area (Å²) in [5.41, 5.74) is 2.20. The molecule has 2 heterocycles. The Balaban J connectivity index is 2.27. The molecule has 3 rings (SSSR count). The zero-order valence-corrected chi connectivity index (χ0v) is 9.99. The van der Waals surface area contributed by atoms with E-state index in [0.29, 0.717) is 5.92 Å². The zero-order chi connectivity index (χ0) is 10.4. The molecule has 3 nitrogen and oxygen atoms in total. The Kier molecular flexibility index (Phi) is 1.99. The first-order valence-electron chi connectivity index (χ1n) is 5.00. The maximum atomic E-state index is 5.34. The van der Waals surface area contributed by atoms with Crippen LogP contribution in [0.5, 0.6) is 5.75 Å². The summed E-state index contributed by atoms with van der Waals surface area (Å²) in [6, 6.07) is 2.00. The molecule has 78 valence electrons. The first kappa shape index (κ1) is 9.21. The van der Waals surface area contributed by atoms with Gasteiger partial charge >= 0.3 is 0 Å². The minimum atomic E-state index is 0.700. The van der Waals surface area contributed by atoms with Crippen LogP contribution >= 0.6 is 15.9 Å². The molecule has 1 saturated carbocycles. The molecular formula is C11H11BrN2O. The van der Waals surface area contributed by atoms with E-state index in [2.05, 4.69) is 25.3 Å². The third-order valence-corrected chi connectivity index (χ3v) is 3.44. The second-order valence-corrected chi connectivity index (χ2v) is 4.70. The lowest BCUT2D eigenvalue weighted by Crippen LogP contribution is -1.94. The van der Waals surface area contributed by atoms with Crippen molar-refractivity contribution in [3.8, 4) is 5.75 Å². The van der Waals surface area contributed by atoms with Gasteiger partial charge in [0.05, 0.1) is 11.6 Å². The highest BCUT2D eigenvalue weighted by Crippen LogP contribution is 2.41. The number of hydrogen-bond acceptors (Lipinski definition) is 2. The monoisotopic (exact) mass is 266 g/mol. The van der Waals surface area contributed by atoms with Crippen LogP contribution in [-0.4, -0.2) is 16.5 Å². The lowest BCUT2D eigenvalue weighted by atomic mass is 10.3. The second-order valence-electron chi connectivity index (χ2n) is 3.85. The van der Waals surface area contributed by atoms with Gasteiger partial charge in [0.15, 0.2) is 11.4 Å². The Hall–Kier alpha value is -1.03. The van der Waals surface area contributed by atoms with Gasteiger partial charge < -0.3 is 9.14 Å². The third kappa shape index (κ3) is 1.35. The van der Waals surface area contributed by atoms with Crippen LogP contribution < -0.4 is 4.74 Å². The summed E-state index contributed by atoms with van der Waals surface area (Å²) in [6.45, 7) is 0. The zero-order valence-electron chi connectivity index (χ0n) is 8.40. The molecule has 1 aliphatic rings. The van der Waals surface area contributed by atoms with Gasteiger partial charge in [-0.2, -0.15) is 0 Å². The Morgan fingerprint density at radius 2 is 2.33 bits per heavy atom. The van der Waals surface area contributed by atoms with E-state index in [4.69, 9.17) is 4.74 Å². The summed E-state index contributed by atoms with van der Waals surface area (Å²) >= 11 is 3.46. The minimum absolute atomic E-state index is 0.700. The number of imidazole rings is 1. The van der Waals surface area contributed by atoms with E-state index in [1.165, 1.54) is 18.5 Å². The van der Waals surface area contributed by atoms with Crippen molar-refractivity contribution in [2.45, 2.75) is 18.8 Å². The van der Waals surface area contributed by atoms with Crippen LogP contribution in [0.2, 0.25) is 0 Å². The van der Waals surface area contributed by atoms with E-state index in [-0.39, 0.29) is 0 Å². The van der Waals surface area contributed by atoms with Crippen molar-refractivity contribution in [3.05, 3.63) is 28.6 Å². The fraction of sp³-hybridized carbons (Fsp3) is 0.364. The van der Waals surface area contributed by atoms with Gasteiger partial charge in [0.1, 0.15) is 0 Å². The second kappa shape index (κ2) is 3.23. The summed E-state index contributed by atoms with van der Waals surface area (Å²) in [4.78, 5) is 4.42. The van der Waals surface area contributed by atoms with Crippen LogP contribution in [0.15, 0.2) is 22.9 Å². The smallest absolute Gasteiger partial charge is 0.181 e. The highest BCUT2D eigenvalue weighted by molar-refractivity contribution is 9.10. The molecule has 4 heteroatoms. The number of nitrogens with zero attached hydrogens (tertiary/aromatic N) is 2. The van der Waals surface area contributed by atoms with Gasteiger partial charge in [-0.05, 0) is 34.8 Å². The van der Waals surface area contributed by atoms with E-state index in [0.717, 1.165) is 15.9 Å². The fourth-order valence-electron chi connectivity index (χ4n) is 1.89. The van der Waals surface area contributed by atoms with Crippen LogP contribution in [-0.2, 0) is 0 Å². The Morgan fingerprint density at radius 3 is 3.00 bits per heavy atom. The Labute approximate surface area is 96.2 Å². The molecule has 0 spiro atoms. The summed E-state index contributed by atoms with van der Waals surface area (Å²) in [5.74, 6) is 1.51. The molecule has 1 aliphatic carbocycles. The SMILES string of the molecule is COc1c(Br)ccn2c(C3CC3)cnc12. The van der Waals surface area contributed by atoms with Gasteiger partial charge in [-0.3, -0.25) is 0 Å². The van der Waals surface area contributed by atoms with Crippen molar-refractivity contribution in [1.82, 2.24) is 9.38 Å². The number of fused-ring (bicyclic) bond motifs is 1. The largest absolute Gasteiger partial charge is 0.492 e. The number of methoxy groups -OCH3 is 1.